The van der Waals surface area contributed by atoms with E-state index in [0.29, 0.717) is 19.3 Å². The van der Waals surface area contributed by atoms with E-state index < -0.39 is 17.9 Å². The Hall–Kier alpha value is -1.89. The summed E-state index contributed by atoms with van der Waals surface area (Å²) in [6, 6.07) is 0. The molecule has 7 nitrogen and oxygen atoms in total. The van der Waals surface area contributed by atoms with Crippen molar-refractivity contribution in [2.24, 2.45) is 0 Å². The third-order valence-electron chi connectivity index (χ3n) is 8.95. The van der Waals surface area contributed by atoms with Gasteiger partial charge in [-0.1, -0.05) is 109 Å². The summed E-state index contributed by atoms with van der Waals surface area (Å²) in [5.41, 5.74) is 0. The van der Waals surface area contributed by atoms with Gasteiger partial charge in [-0.3, -0.25) is 9.59 Å². The minimum absolute atomic E-state index is 0.0556. The Bertz CT molecular complexity index is 668. The van der Waals surface area contributed by atoms with E-state index in [9.17, 15) is 19.5 Å². The molecule has 0 aliphatic rings. The fourth-order valence-electron chi connectivity index (χ4n) is 6.25. The molecule has 0 aliphatic carbocycles. The van der Waals surface area contributed by atoms with Crippen LogP contribution in [0, 0.1) is 0 Å². The standard InChI is InChI=1S/C37H69NO6/c1-2-3-4-5-6-7-8-9-10-11-12-13-14-15-16-17-18-19-20-24-31-38(32-25-21-28-35(39)40,33-26-22-29-36(41)42)34-27-23-30-37(43)44/h18-19H,2-17,20-34H2,1H3,(H2-,39,40,41,42,43,44)/b19-18+. The molecule has 0 aromatic rings. The Labute approximate surface area is 270 Å². The molecule has 0 bridgehead atoms. The molecule has 44 heavy (non-hydrogen) atoms. The normalized spacial score (nSPS) is 11.8. The number of hydrogen-bond donors (Lipinski definition) is 2. The molecule has 0 aromatic carbocycles. The molecular formula is C37H69NO6. The number of nitrogens with zero attached hydrogens (tertiary/aromatic N) is 1. The maximum Gasteiger partial charge on any atom is 0.303 e. The van der Waals surface area contributed by atoms with Gasteiger partial charge < -0.3 is 24.6 Å². The Balaban J connectivity index is 4.30. The predicted octanol–water partition coefficient (Wildman–Crippen LogP) is 8.83. The first-order chi connectivity index (χ1) is 21.3. The molecule has 258 valence electrons. The summed E-state index contributed by atoms with van der Waals surface area (Å²) >= 11 is 0. The van der Waals surface area contributed by atoms with Crippen molar-refractivity contribution in [3.8, 4) is 0 Å². The molecule has 0 amide bonds. The number of carbonyl (C=O) groups is 3. The van der Waals surface area contributed by atoms with Crippen LogP contribution in [0.1, 0.15) is 180 Å². The number of allylic oxidation sites excluding steroid dienone is 2. The van der Waals surface area contributed by atoms with Gasteiger partial charge >= 0.3 is 11.9 Å². The summed E-state index contributed by atoms with van der Waals surface area (Å²) in [7, 11) is 0. The van der Waals surface area contributed by atoms with Crippen LogP contribution in [0.25, 0.3) is 0 Å². The van der Waals surface area contributed by atoms with Gasteiger partial charge in [0.2, 0.25) is 0 Å². The second-order valence-electron chi connectivity index (χ2n) is 13.1. The molecule has 0 unspecified atom stereocenters. The third kappa shape index (κ3) is 30.1. The van der Waals surface area contributed by atoms with E-state index in [1.165, 1.54) is 96.3 Å². The zero-order valence-electron chi connectivity index (χ0n) is 28.5. The van der Waals surface area contributed by atoms with Gasteiger partial charge in [-0.2, -0.15) is 0 Å². The molecule has 0 rings (SSSR count). The van der Waals surface area contributed by atoms with Crippen LogP contribution < -0.4 is 5.11 Å². The lowest BCUT2D eigenvalue weighted by molar-refractivity contribution is -0.929. The van der Waals surface area contributed by atoms with Crippen LogP contribution in [0.2, 0.25) is 0 Å². The van der Waals surface area contributed by atoms with Gasteiger partial charge in [0.15, 0.2) is 0 Å². The van der Waals surface area contributed by atoms with Crippen molar-refractivity contribution >= 4 is 17.9 Å². The molecule has 0 aliphatic heterocycles. The zero-order valence-corrected chi connectivity index (χ0v) is 28.5. The largest absolute Gasteiger partial charge is 0.550 e. The van der Waals surface area contributed by atoms with Crippen molar-refractivity contribution in [1.82, 2.24) is 0 Å². The average molecular weight is 624 g/mol. The van der Waals surface area contributed by atoms with Crippen LogP contribution in [0.15, 0.2) is 12.2 Å². The maximum absolute atomic E-state index is 11.0. The second-order valence-corrected chi connectivity index (χ2v) is 13.1. The van der Waals surface area contributed by atoms with E-state index in [4.69, 9.17) is 10.2 Å². The van der Waals surface area contributed by atoms with Crippen LogP contribution in [0.5, 0.6) is 0 Å². The summed E-state index contributed by atoms with van der Waals surface area (Å²) < 4.78 is 0.819. The molecular weight excluding hydrogens is 554 g/mol. The van der Waals surface area contributed by atoms with E-state index in [2.05, 4.69) is 19.1 Å². The number of carbonyl (C=O) groups excluding carboxylic acids is 1. The number of carboxylic acid groups (broad SMARTS) is 3. The van der Waals surface area contributed by atoms with Gasteiger partial charge in [0.25, 0.3) is 0 Å². The van der Waals surface area contributed by atoms with Crippen molar-refractivity contribution in [1.29, 1.82) is 0 Å². The summed E-state index contributed by atoms with van der Waals surface area (Å²) in [5, 5.41) is 29.0. The Morgan fingerprint density at radius 1 is 0.477 bits per heavy atom. The van der Waals surface area contributed by atoms with Gasteiger partial charge in [0, 0.05) is 25.2 Å². The quantitative estimate of drug-likeness (QED) is 0.0414. The van der Waals surface area contributed by atoms with Gasteiger partial charge in [0.05, 0.1) is 26.2 Å². The first kappa shape index (κ1) is 42.1. The van der Waals surface area contributed by atoms with E-state index >= 15 is 0 Å². The van der Waals surface area contributed by atoms with Crippen LogP contribution in [-0.4, -0.2) is 58.8 Å². The molecule has 0 heterocycles. The predicted molar refractivity (Wildman–Crippen MR) is 179 cm³/mol. The number of unbranched alkanes of at least 4 members (excludes halogenated alkanes) is 19. The van der Waals surface area contributed by atoms with E-state index in [0.717, 1.165) is 69.2 Å². The highest BCUT2D eigenvalue weighted by Crippen LogP contribution is 2.19. The van der Waals surface area contributed by atoms with E-state index in [1.807, 2.05) is 0 Å². The van der Waals surface area contributed by atoms with Crippen molar-refractivity contribution < 1.29 is 34.2 Å². The minimum atomic E-state index is -1.02. The summed E-state index contributed by atoms with van der Waals surface area (Å²) in [6.07, 6.45) is 33.1. The molecule has 7 heteroatoms. The fraction of sp³-hybridized carbons (Fsp3) is 0.865. The van der Waals surface area contributed by atoms with Crippen molar-refractivity contribution in [3.05, 3.63) is 12.2 Å². The number of hydrogen-bond acceptors (Lipinski definition) is 4. The SMILES string of the molecule is CCCCCCCCCCCCCCCCC/C=C/CCC[N+](CCCCC(=O)[O-])(CCCCC(=O)O)CCCCC(=O)O. The second kappa shape index (κ2) is 31.1. The first-order valence-corrected chi connectivity index (χ1v) is 18.4. The number of aliphatic carboxylic acids is 3. The number of carboxylic acids is 3. The Morgan fingerprint density at radius 3 is 1.20 bits per heavy atom. The topological polar surface area (TPSA) is 115 Å². The lowest BCUT2D eigenvalue weighted by Gasteiger charge is -2.39. The highest BCUT2D eigenvalue weighted by Gasteiger charge is 2.26. The highest BCUT2D eigenvalue weighted by molar-refractivity contribution is 5.66. The van der Waals surface area contributed by atoms with Crippen molar-refractivity contribution in [2.75, 3.05) is 26.2 Å². The lowest BCUT2D eigenvalue weighted by Crippen LogP contribution is -2.51. The molecule has 0 spiro atoms. The van der Waals surface area contributed by atoms with Gasteiger partial charge in [-0.05, 0) is 64.2 Å². The maximum atomic E-state index is 11.0. The smallest absolute Gasteiger partial charge is 0.303 e. The van der Waals surface area contributed by atoms with Crippen LogP contribution in [0.3, 0.4) is 0 Å². The Kier molecular flexibility index (Phi) is 29.8. The number of rotatable bonds is 35. The third-order valence-corrected chi connectivity index (χ3v) is 8.95. The fourth-order valence-corrected chi connectivity index (χ4v) is 6.25. The molecule has 0 atom stereocenters. The van der Waals surface area contributed by atoms with Gasteiger partial charge in [-0.25, -0.2) is 0 Å². The Morgan fingerprint density at radius 2 is 0.818 bits per heavy atom. The van der Waals surface area contributed by atoms with Crippen LogP contribution in [-0.2, 0) is 14.4 Å². The molecule has 2 N–H and O–H groups in total. The first-order valence-electron chi connectivity index (χ1n) is 18.4. The van der Waals surface area contributed by atoms with Crippen molar-refractivity contribution in [3.63, 3.8) is 0 Å². The molecule has 0 saturated carbocycles. The van der Waals surface area contributed by atoms with Gasteiger partial charge in [0.1, 0.15) is 0 Å². The molecule has 0 aromatic heterocycles. The monoisotopic (exact) mass is 624 g/mol. The van der Waals surface area contributed by atoms with Crippen LogP contribution in [0.4, 0.5) is 0 Å². The molecule has 0 radical (unpaired) electrons. The lowest BCUT2D eigenvalue weighted by atomic mass is 10.0. The van der Waals surface area contributed by atoms with E-state index in [-0.39, 0.29) is 19.3 Å². The number of quaternary nitrogens is 1. The highest BCUT2D eigenvalue weighted by atomic mass is 16.4. The molecule has 0 fully saturated rings. The van der Waals surface area contributed by atoms with Crippen LogP contribution >= 0.6 is 0 Å². The average Bonchev–Trinajstić information content (AvgIpc) is 2.98. The van der Waals surface area contributed by atoms with E-state index in [1.54, 1.807) is 0 Å². The summed E-state index contributed by atoms with van der Waals surface area (Å²) in [4.78, 5) is 32.9. The van der Waals surface area contributed by atoms with Gasteiger partial charge in [-0.15, -0.1) is 0 Å². The zero-order chi connectivity index (χ0) is 32.6. The van der Waals surface area contributed by atoms with Crippen molar-refractivity contribution in [2.45, 2.75) is 180 Å². The summed E-state index contributed by atoms with van der Waals surface area (Å²) in [5.74, 6) is -2.58. The summed E-state index contributed by atoms with van der Waals surface area (Å²) in [6.45, 7) is 5.78. The molecule has 0 saturated heterocycles. The minimum Gasteiger partial charge on any atom is -0.550 e.